The van der Waals surface area contributed by atoms with Gasteiger partial charge in [0.05, 0.1) is 6.26 Å². The molecule has 1 aliphatic carbocycles. The molecule has 24 heavy (non-hydrogen) atoms. The molecule has 1 spiro atoms. The fourth-order valence-electron chi connectivity index (χ4n) is 3.55. The normalized spacial score (nSPS) is 19.2. The number of hydrogen-bond acceptors (Lipinski definition) is 3. The van der Waals surface area contributed by atoms with Gasteiger partial charge in [-0.1, -0.05) is 6.42 Å². The van der Waals surface area contributed by atoms with Crippen LogP contribution in [0.5, 0.6) is 0 Å². The Morgan fingerprint density at radius 1 is 1.42 bits per heavy atom. The van der Waals surface area contributed by atoms with Crippen molar-refractivity contribution in [3.63, 3.8) is 0 Å². The highest BCUT2D eigenvalue weighted by molar-refractivity contribution is 14.0. The SMILES string of the molecule is CCNC(=NCCCOCc1ccco1)N1CCC2(CCC2)C1.I. The van der Waals surface area contributed by atoms with Crippen LogP contribution in [-0.2, 0) is 11.3 Å². The minimum atomic E-state index is 0. The Balaban J connectivity index is 0.00000208. The molecule has 0 radical (unpaired) electrons. The number of furan rings is 1. The van der Waals surface area contributed by atoms with Crippen molar-refractivity contribution in [2.24, 2.45) is 10.4 Å². The van der Waals surface area contributed by atoms with Crippen molar-refractivity contribution in [2.75, 3.05) is 32.8 Å². The van der Waals surface area contributed by atoms with E-state index in [4.69, 9.17) is 14.1 Å². The molecule has 136 valence electrons. The monoisotopic (exact) mass is 447 g/mol. The lowest BCUT2D eigenvalue weighted by Gasteiger charge is -2.38. The van der Waals surface area contributed by atoms with Crippen LogP contribution in [0.4, 0.5) is 0 Å². The number of ether oxygens (including phenoxy) is 1. The van der Waals surface area contributed by atoms with Crippen LogP contribution in [0.2, 0.25) is 0 Å². The van der Waals surface area contributed by atoms with Crippen molar-refractivity contribution in [2.45, 2.75) is 45.6 Å². The molecule has 1 N–H and O–H groups in total. The Hall–Kier alpha value is -0.760. The molecule has 1 aliphatic heterocycles. The zero-order valence-electron chi connectivity index (χ0n) is 14.6. The summed E-state index contributed by atoms with van der Waals surface area (Å²) in [6, 6.07) is 3.82. The quantitative estimate of drug-likeness (QED) is 0.300. The zero-order chi connectivity index (χ0) is 16.0. The van der Waals surface area contributed by atoms with Crippen LogP contribution in [0, 0.1) is 5.41 Å². The predicted molar refractivity (Wildman–Crippen MR) is 107 cm³/mol. The number of likely N-dealkylation sites (tertiary alicyclic amines) is 1. The van der Waals surface area contributed by atoms with Gasteiger partial charge in [0, 0.05) is 32.8 Å². The van der Waals surface area contributed by atoms with Crippen LogP contribution in [0.15, 0.2) is 27.8 Å². The molecule has 0 atom stereocenters. The van der Waals surface area contributed by atoms with Gasteiger partial charge in [-0.05, 0) is 50.2 Å². The maximum absolute atomic E-state index is 5.61. The Morgan fingerprint density at radius 3 is 2.92 bits per heavy atom. The van der Waals surface area contributed by atoms with Gasteiger partial charge in [-0.2, -0.15) is 0 Å². The molecule has 2 fully saturated rings. The lowest BCUT2D eigenvalue weighted by Crippen LogP contribution is -2.42. The van der Waals surface area contributed by atoms with Crippen LogP contribution < -0.4 is 5.32 Å². The lowest BCUT2D eigenvalue weighted by molar-refractivity contribution is 0.105. The first kappa shape index (κ1) is 19.6. The molecule has 0 aromatic carbocycles. The Bertz CT molecular complexity index is 500. The molecule has 0 bridgehead atoms. The summed E-state index contributed by atoms with van der Waals surface area (Å²) in [5.74, 6) is 1.96. The molecular formula is C18H30IN3O2. The van der Waals surface area contributed by atoms with Crippen molar-refractivity contribution >= 4 is 29.9 Å². The number of nitrogens with one attached hydrogen (secondary N) is 1. The van der Waals surface area contributed by atoms with E-state index in [0.29, 0.717) is 18.6 Å². The highest BCUT2D eigenvalue weighted by Gasteiger charge is 2.43. The van der Waals surface area contributed by atoms with Crippen molar-refractivity contribution in [3.05, 3.63) is 24.2 Å². The molecule has 0 amide bonds. The first-order chi connectivity index (χ1) is 11.3. The summed E-state index contributed by atoms with van der Waals surface area (Å²) in [6.45, 7) is 7.48. The third kappa shape index (κ3) is 5.12. The van der Waals surface area contributed by atoms with Gasteiger partial charge in [0.1, 0.15) is 12.4 Å². The third-order valence-electron chi connectivity index (χ3n) is 5.02. The maximum Gasteiger partial charge on any atom is 0.193 e. The van der Waals surface area contributed by atoms with E-state index in [9.17, 15) is 0 Å². The van der Waals surface area contributed by atoms with Gasteiger partial charge in [-0.15, -0.1) is 24.0 Å². The number of aliphatic imine (C=N–C) groups is 1. The minimum Gasteiger partial charge on any atom is -0.467 e. The summed E-state index contributed by atoms with van der Waals surface area (Å²) >= 11 is 0. The molecule has 3 rings (SSSR count). The minimum absolute atomic E-state index is 0. The van der Waals surface area contributed by atoms with Crippen LogP contribution in [0.3, 0.4) is 0 Å². The predicted octanol–water partition coefficient (Wildman–Crippen LogP) is 3.65. The second-order valence-corrected chi connectivity index (χ2v) is 6.75. The van der Waals surface area contributed by atoms with Crippen LogP contribution >= 0.6 is 24.0 Å². The van der Waals surface area contributed by atoms with Crippen molar-refractivity contribution in [3.8, 4) is 0 Å². The Labute approximate surface area is 162 Å². The Morgan fingerprint density at radius 2 is 2.29 bits per heavy atom. The molecule has 1 aromatic heterocycles. The largest absolute Gasteiger partial charge is 0.467 e. The van der Waals surface area contributed by atoms with Gasteiger partial charge in [-0.3, -0.25) is 4.99 Å². The molecule has 2 aliphatic rings. The topological polar surface area (TPSA) is 50.0 Å². The summed E-state index contributed by atoms with van der Waals surface area (Å²) < 4.78 is 10.9. The number of guanidine groups is 1. The van der Waals surface area contributed by atoms with Crippen molar-refractivity contribution < 1.29 is 9.15 Å². The molecule has 0 unspecified atom stereocenters. The molecule has 1 aromatic rings. The van der Waals surface area contributed by atoms with E-state index in [1.807, 2.05) is 12.1 Å². The van der Waals surface area contributed by atoms with Gasteiger partial charge in [-0.25, -0.2) is 0 Å². The number of hydrogen-bond donors (Lipinski definition) is 1. The number of halogens is 1. The van der Waals surface area contributed by atoms with Crippen LogP contribution in [0.1, 0.15) is 44.8 Å². The third-order valence-corrected chi connectivity index (χ3v) is 5.02. The summed E-state index contributed by atoms with van der Waals surface area (Å²) in [4.78, 5) is 7.23. The summed E-state index contributed by atoms with van der Waals surface area (Å²) in [6.07, 6.45) is 8.18. The fraction of sp³-hybridized carbons (Fsp3) is 0.722. The van der Waals surface area contributed by atoms with Crippen molar-refractivity contribution in [1.82, 2.24) is 10.2 Å². The maximum atomic E-state index is 5.61. The van der Waals surface area contributed by atoms with E-state index < -0.39 is 0 Å². The van der Waals surface area contributed by atoms with Gasteiger partial charge < -0.3 is 19.4 Å². The molecule has 1 saturated heterocycles. The summed E-state index contributed by atoms with van der Waals surface area (Å²) in [7, 11) is 0. The molecule has 2 heterocycles. The summed E-state index contributed by atoms with van der Waals surface area (Å²) in [5, 5.41) is 3.44. The smallest absolute Gasteiger partial charge is 0.193 e. The van der Waals surface area contributed by atoms with E-state index >= 15 is 0 Å². The van der Waals surface area contributed by atoms with Gasteiger partial charge in [0.15, 0.2) is 5.96 Å². The number of nitrogens with zero attached hydrogens (tertiary/aromatic N) is 2. The first-order valence-electron chi connectivity index (χ1n) is 8.95. The van der Waals surface area contributed by atoms with Gasteiger partial charge in [0.2, 0.25) is 0 Å². The van der Waals surface area contributed by atoms with E-state index in [0.717, 1.165) is 37.8 Å². The Kier molecular flexibility index (Phi) is 7.87. The molecule has 5 nitrogen and oxygen atoms in total. The standard InChI is InChI=1S/C18H29N3O2.HI/c1-2-19-17(21-11-9-18(15-21)7-4-8-18)20-10-5-12-22-14-16-6-3-13-23-16;/h3,6,13H,2,4-5,7-12,14-15H2,1H3,(H,19,20);1H. The van der Waals surface area contributed by atoms with E-state index in [1.54, 1.807) is 6.26 Å². The van der Waals surface area contributed by atoms with Gasteiger partial charge in [0.25, 0.3) is 0 Å². The van der Waals surface area contributed by atoms with Crippen molar-refractivity contribution in [1.29, 1.82) is 0 Å². The van der Waals surface area contributed by atoms with E-state index in [1.165, 1.54) is 32.2 Å². The zero-order valence-corrected chi connectivity index (χ0v) is 17.0. The average Bonchev–Trinajstić information content (AvgIpc) is 3.18. The average molecular weight is 447 g/mol. The molecular weight excluding hydrogens is 417 g/mol. The van der Waals surface area contributed by atoms with Crippen LogP contribution in [0.25, 0.3) is 0 Å². The summed E-state index contributed by atoms with van der Waals surface area (Å²) in [5.41, 5.74) is 0.613. The second kappa shape index (κ2) is 9.65. The van der Waals surface area contributed by atoms with Crippen LogP contribution in [-0.4, -0.2) is 43.6 Å². The van der Waals surface area contributed by atoms with E-state index in [2.05, 4.69) is 17.1 Å². The number of rotatable bonds is 7. The first-order valence-corrected chi connectivity index (χ1v) is 8.95. The fourth-order valence-corrected chi connectivity index (χ4v) is 3.55. The molecule has 6 heteroatoms. The highest BCUT2D eigenvalue weighted by atomic mass is 127. The highest BCUT2D eigenvalue weighted by Crippen LogP contribution is 2.47. The lowest BCUT2D eigenvalue weighted by atomic mass is 9.68. The second-order valence-electron chi connectivity index (χ2n) is 6.75. The van der Waals surface area contributed by atoms with Gasteiger partial charge >= 0.3 is 0 Å². The molecule has 1 saturated carbocycles. The van der Waals surface area contributed by atoms with E-state index in [-0.39, 0.29) is 24.0 Å².